The number of esters is 1. The van der Waals surface area contributed by atoms with Crippen molar-refractivity contribution in [1.29, 1.82) is 0 Å². The third-order valence-corrected chi connectivity index (χ3v) is 4.46. The molecule has 0 bridgehead atoms. The molecule has 0 saturated heterocycles. The molecule has 1 aliphatic heterocycles. The Hall–Kier alpha value is -2.42. The molecular formula is C15H19N3O5S. The van der Waals surface area contributed by atoms with E-state index in [0.29, 0.717) is 5.56 Å². The maximum atomic E-state index is 11.9. The number of carbonyl (C=O) groups excluding carboxylic acids is 2. The van der Waals surface area contributed by atoms with Gasteiger partial charge in [0.05, 0.1) is 17.9 Å². The molecule has 0 radical (unpaired) electrons. The number of hydrogen-bond donors (Lipinski definition) is 2. The molecule has 0 atom stereocenters. The van der Waals surface area contributed by atoms with Crippen molar-refractivity contribution in [3.8, 4) is 0 Å². The van der Waals surface area contributed by atoms with E-state index in [1.54, 1.807) is 32.0 Å². The van der Waals surface area contributed by atoms with Gasteiger partial charge in [-0.15, -0.1) is 0 Å². The predicted molar refractivity (Wildman–Crippen MR) is 87.0 cm³/mol. The predicted octanol–water partition coefficient (Wildman–Crippen LogP) is 0.183. The van der Waals surface area contributed by atoms with Crippen LogP contribution in [0.15, 0.2) is 34.2 Å². The van der Waals surface area contributed by atoms with Crippen molar-refractivity contribution in [3.63, 3.8) is 0 Å². The fourth-order valence-corrected chi connectivity index (χ4v) is 3.34. The Balaban J connectivity index is 1.87. The number of amides is 1. The van der Waals surface area contributed by atoms with E-state index in [0.717, 1.165) is 0 Å². The summed E-state index contributed by atoms with van der Waals surface area (Å²) in [7, 11) is -3.59. The van der Waals surface area contributed by atoms with Gasteiger partial charge in [0.15, 0.2) is 6.61 Å². The highest BCUT2D eigenvalue weighted by Crippen LogP contribution is 2.22. The van der Waals surface area contributed by atoms with Crippen molar-refractivity contribution in [2.75, 3.05) is 13.2 Å². The van der Waals surface area contributed by atoms with Gasteiger partial charge in [-0.1, -0.05) is 12.1 Å². The van der Waals surface area contributed by atoms with Crippen molar-refractivity contribution >= 4 is 27.7 Å². The molecule has 0 saturated carbocycles. The standard InChI is InChI=1S/C15H19N3O5S/c1-10(2)17-13(19)9-23-14(20)7-8-16-15-11-5-3-4-6-12(11)24(21,22)18-15/h3-6,10H,7-9H2,1-2H3,(H,16,18)(H,17,19). The van der Waals surface area contributed by atoms with E-state index in [4.69, 9.17) is 4.74 Å². The Morgan fingerprint density at radius 3 is 2.71 bits per heavy atom. The third kappa shape index (κ3) is 4.54. The number of nitrogens with zero attached hydrogens (tertiary/aromatic N) is 1. The molecule has 130 valence electrons. The van der Waals surface area contributed by atoms with Crippen LogP contribution in [-0.4, -0.2) is 45.3 Å². The van der Waals surface area contributed by atoms with Gasteiger partial charge in [0, 0.05) is 11.6 Å². The molecule has 0 aliphatic carbocycles. The summed E-state index contributed by atoms with van der Waals surface area (Å²) in [5, 5.41) is 2.60. The summed E-state index contributed by atoms with van der Waals surface area (Å²) < 4.78 is 31.0. The summed E-state index contributed by atoms with van der Waals surface area (Å²) in [5.41, 5.74) is 0.474. The van der Waals surface area contributed by atoms with E-state index in [2.05, 4.69) is 15.0 Å². The second-order valence-electron chi connectivity index (χ2n) is 5.46. The lowest BCUT2D eigenvalue weighted by Gasteiger charge is -2.08. The van der Waals surface area contributed by atoms with Crippen LogP contribution < -0.4 is 10.0 Å². The zero-order valence-electron chi connectivity index (χ0n) is 13.4. The van der Waals surface area contributed by atoms with Gasteiger partial charge in [-0.2, -0.15) is 0 Å². The van der Waals surface area contributed by atoms with Gasteiger partial charge in [-0.25, -0.2) is 8.42 Å². The number of nitrogens with one attached hydrogen (secondary N) is 2. The highest BCUT2D eigenvalue weighted by molar-refractivity contribution is 7.90. The lowest BCUT2D eigenvalue weighted by atomic mass is 10.2. The second kappa shape index (κ2) is 7.43. The molecule has 1 heterocycles. The first kappa shape index (κ1) is 17.9. The molecule has 0 unspecified atom stereocenters. The van der Waals surface area contributed by atoms with Gasteiger partial charge in [0.2, 0.25) is 0 Å². The van der Waals surface area contributed by atoms with Crippen LogP contribution in [0.3, 0.4) is 0 Å². The molecule has 2 N–H and O–H groups in total. The molecule has 1 amide bonds. The van der Waals surface area contributed by atoms with E-state index in [-0.39, 0.29) is 42.3 Å². The summed E-state index contributed by atoms with van der Waals surface area (Å²) in [5.74, 6) is -0.745. The quantitative estimate of drug-likeness (QED) is 0.708. The third-order valence-electron chi connectivity index (χ3n) is 3.06. The minimum Gasteiger partial charge on any atom is -0.456 e. The number of carbonyl (C=O) groups is 2. The van der Waals surface area contributed by atoms with Crippen LogP contribution in [0.4, 0.5) is 0 Å². The van der Waals surface area contributed by atoms with Crippen LogP contribution in [0, 0.1) is 0 Å². The van der Waals surface area contributed by atoms with E-state index >= 15 is 0 Å². The minimum atomic E-state index is -3.59. The van der Waals surface area contributed by atoms with Crippen LogP contribution in [0.25, 0.3) is 0 Å². The lowest BCUT2D eigenvalue weighted by Crippen LogP contribution is -2.34. The summed E-state index contributed by atoms with van der Waals surface area (Å²) in [6.07, 6.45) is -0.0532. The van der Waals surface area contributed by atoms with Gasteiger partial charge in [0.25, 0.3) is 15.9 Å². The smallest absolute Gasteiger partial charge is 0.308 e. The fourth-order valence-electron chi connectivity index (χ4n) is 2.09. The average Bonchev–Trinajstić information content (AvgIpc) is 2.76. The summed E-state index contributed by atoms with van der Waals surface area (Å²) >= 11 is 0. The molecule has 9 heteroatoms. The van der Waals surface area contributed by atoms with E-state index in [1.165, 1.54) is 6.07 Å². The molecule has 0 aromatic heterocycles. The summed E-state index contributed by atoms with van der Waals surface area (Å²) in [4.78, 5) is 27.2. The highest BCUT2D eigenvalue weighted by Gasteiger charge is 2.29. The van der Waals surface area contributed by atoms with Crippen molar-refractivity contribution in [3.05, 3.63) is 29.8 Å². The molecule has 1 aliphatic rings. The first-order valence-corrected chi connectivity index (χ1v) is 8.89. The molecule has 0 fully saturated rings. The molecular weight excluding hydrogens is 334 g/mol. The second-order valence-corrected chi connectivity index (χ2v) is 7.12. The van der Waals surface area contributed by atoms with Crippen LogP contribution in [0.2, 0.25) is 0 Å². The van der Waals surface area contributed by atoms with Crippen LogP contribution in [0.1, 0.15) is 25.8 Å². The van der Waals surface area contributed by atoms with Crippen molar-refractivity contribution in [2.24, 2.45) is 4.99 Å². The summed E-state index contributed by atoms with van der Waals surface area (Å²) in [6.45, 7) is 3.31. The summed E-state index contributed by atoms with van der Waals surface area (Å²) in [6, 6.07) is 6.43. The molecule has 2 rings (SSSR count). The highest BCUT2D eigenvalue weighted by atomic mass is 32.2. The van der Waals surface area contributed by atoms with Gasteiger partial charge < -0.3 is 10.1 Å². The first-order chi connectivity index (χ1) is 11.3. The van der Waals surface area contributed by atoms with Crippen LogP contribution >= 0.6 is 0 Å². The molecule has 8 nitrogen and oxygen atoms in total. The minimum absolute atomic E-state index is 0.0296. The van der Waals surface area contributed by atoms with E-state index < -0.39 is 16.0 Å². The topological polar surface area (TPSA) is 114 Å². The Morgan fingerprint density at radius 1 is 1.29 bits per heavy atom. The first-order valence-electron chi connectivity index (χ1n) is 7.41. The van der Waals surface area contributed by atoms with Crippen LogP contribution in [0.5, 0.6) is 0 Å². The molecule has 1 aromatic carbocycles. The monoisotopic (exact) mass is 353 g/mol. The number of benzene rings is 1. The largest absolute Gasteiger partial charge is 0.456 e. The zero-order valence-corrected chi connectivity index (χ0v) is 14.2. The fraction of sp³-hybridized carbons (Fsp3) is 0.400. The number of rotatable bonds is 6. The zero-order chi connectivity index (χ0) is 17.7. The Morgan fingerprint density at radius 2 is 2.00 bits per heavy atom. The SMILES string of the molecule is CC(C)NC(=O)COC(=O)CCN=C1NS(=O)(=O)c2ccccc21. The maximum absolute atomic E-state index is 11.9. The number of ether oxygens (including phenoxy) is 1. The number of sulfonamides is 1. The lowest BCUT2D eigenvalue weighted by molar-refractivity contribution is -0.148. The number of hydrogen-bond acceptors (Lipinski definition) is 6. The normalized spacial score (nSPS) is 16.5. The van der Waals surface area contributed by atoms with Gasteiger partial charge in [-0.05, 0) is 26.0 Å². The van der Waals surface area contributed by atoms with Gasteiger partial charge >= 0.3 is 5.97 Å². The molecule has 0 spiro atoms. The van der Waals surface area contributed by atoms with E-state index in [1.807, 2.05) is 0 Å². The molecule has 24 heavy (non-hydrogen) atoms. The van der Waals surface area contributed by atoms with Crippen molar-refractivity contribution in [2.45, 2.75) is 31.2 Å². The Labute approximate surface area is 140 Å². The molecule has 1 aromatic rings. The van der Waals surface area contributed by atoms with Crippen molar-refractivity contribution in [1.82, 2.24) is 10.0 Å². The van der Waals surface area contributed by atoms with Crippen LogP contribution in [-0.2, 0) is 24.3 Å². The van der Waals surface area contributed by atoms with Gasteiger partial charge in [-0.3, -0.25) is 19.3 Å². The van der Waals surface area contributed by atoms with E-state index in [9.17, 15) is 18.0 Å². The Kier molecular flexibility index (Phi) is 5.55. The average molecular weight is 353 g/mol. The number of fused-ring (bicyclic) bond motifs is 1. The van der Waals surface area contributed by atoms with Crippen molar-refractivity contribution < 1.29 is 22.7 Å². The number of aliphatic imine (C=N–C) groups is 1. The number of amidine groups is 1. The van der Waals surface area contributed by atoms with Gasteiger partial charge in [0.1, 0.15) is 5.84 Å². The Bertz CT molecular complexity index is 771. The maximum Gasteiger partial charge on any atom is 0.308 e.